The van der Waals surface area contributed by atoms with Gasteiger partial charge in [0.25, 0.3) is 0 Å². The van der Waals surface area contributed by atoms with Crippen LogP contribution in [0.2, 0.25) is 0 Å². The summed E-state index contributed by atoms with van der Waals surface area (Å²) in [5.74, 6) is 0.626. The molecule has 0 spiro atoms. The van der Waals surface area contributed by atoms with Gasteiger partial charge in [0.2, 0.25) is 0 Å². The smallest absolute Gasteiger partial charge is 0.123 e. The highest BCUT2D eigenvalue weighted by atomic mass is 79.9. The summed E-state index contributed by atoms with van der Waals surface area (Å²) in [7, 11) is 0. The van der Waals surface area contributed by atoms with Crippen LogP contribution in [0.1, 0.15) is 38.2 Å². The van der Waals surface area contributed by atoms with Gasteiger partial charge in [-0.05, 0) is 49.4 Å². The Hall–Kier alpha value is -0.410. The lowest BCUT2D eigenvalue weighted by Crippen LogP contribution is -2.31. The second-order valence-electron chi connectivity index (χ2n) is 4.95. The van der Waals surface area contributed by atoms with E-state index in [1.165, 1.54) is 31.7 Å². The van der Waals surface area contributed by atoms with E-state index >= 15 is 0 Å². The molecule has 0 aromatic heterocycles. The van der Waals surface area contributed by atoms with E-state index in [1.54, 1.807) is 12.1 Å². The van der Waals surface area contributed by atoms with Gasteiger partial charge in [-0.3, -0.25) is 0 Å². The maximum atomic E-state index is 13.1. The molecule has 0 heterocycles. The first-order chi connectivity index (χ1) is 8.16. The first kappa shape index (κ1) is 13.0. The lowest BCUT2D eigenvalue weighted by Gasteiger charge is -2.20. The molecule has 2 rings (SSSR count). The summed E-state index contributed by atoms with van der Waals surface area (Å²) in [6, 6.07) is 5.37. The van der Waals surface area contributed by atoms with Crippen molar-refractivity contribution < 1.29 is 4.39 Å². The molecule has 1 aromatic carbocycles. The van der Waals surface area contributed by atoms with Crippen LogP contribution in [0.15, 0.2) is 22.7 Å². The number of hydrogen-bond donors (Lipinski definition) is 1. The molecule has 0 unspecified atom stereocenters. The van der Waals surface area contributed by atoms with Crippen molar-refractivity contribution in [2.75, 3.05) is 0 Å². The predicted molar refractivity (Wildman–Crippen MR) is 72.4 cm³/mol. The Labute approximate surface area is 111 Å². The van der Waals surface area contributed by atoms with Gasteiger partial charge in [0, 0.05) is 17.1 Å². The SMILES string of the molecule is C[C@H](NCc1cc(F)ccc1Br)C1CCCC1. The van der Waals surface area contributed by atoms with Gasteiger partial charge in [-0.25, -0.2) is 4.39 Å². The Morgan fingerprint density at radius 3 is 2.82 bits per heavy atom. The zero-order valence-electron chi connectivity index (χ0n) is 10.2. The third kappa shape index (κ3) is 3.52. The van der Waals surface area contributed by atoms with Gasteiger partial charge in [-0.2, -0.15) is 0 Å². The van der Waals surface area contributed by atoms with Crippen molar-refractivity contribution in [2.24, 2.45) is 5.92 Å². The van der Waals surface area contributed by atoms with Gasteiger partial charge >= 0.3 is 0 Å². The van der Waals surface area contributed by atoms with Crippen LogP contribution in [0.25, 0.3) is 0 Å². The fraction of sp³-hybridized carbons (Fsp3) is 0.571. The minimum absolute atomic E-state index is 0.168. The molecule has 1 N–H and O–H groups in total. The van der Waals surface area contributed by atoms with Gasteiger partial charge < -0.3 is 5.32 Å². The average molecular weight is 300 g/mol. The lowest BCUT2D eigenvalue weighted by molar-refractivity contribution is 0.380. The van der Waals surface area contributed by atoms with Crippen LogP contribution in [0, 0.1) is 11.7 Å². The van der Waals surface area contributed by atoms with E-state index in [2.05, 4.69) is 28.2 Å². The Balaban J connectivity index is 1.90. The molecular weight excluding hydrogens is 281 g/mol. The first-order valence-electron chi connectivity index (χ1n) is 6.34. The molecule has 1 fully saturated rings. The first-order valence-corrected chi connectivity index (χ1v) is 7.13. The van der Waals surface area contributed by atoms with Crippen LogP contribution in [0.3, 0.4) is 0 Å². The Kier molecular flexibility index (Phi) is 4.57. The maximum absolute atomic E-state index is 13.1. The Morgan fingerprint density at radius 2 is 2.12 bits per heavy atom. The van der Waals surface area contributed by atoms with Crippen molar-refractivity contribution in [1.82, 2.24) is 5.32 Å². The molecule has 1 aromatic rings. The summed E-state index contributed by atoms with van der Waals surface area (Å²) in [6.45, 7) is 2.97. The van der Waals surface area contributed by atoms with Gasteiger partial charge in [0.1, 0.15) is 5.82 Å². The highest BCUT2D eigenvalue weighted by Crippen LogP contribution is 2.28. The fourth-order valence-electron chi connectivity index (χ4n) is 2.57. The highest BCUT2D eigenvalue weighted by Gasteiger charge is 2.21. The number of rotatable bonds is 4. The van der Waals surface area contributed by atoms with Crippen LogP contribution in [0.5, 0.6) is 0 Å². The van der Waals surface area contributed by atoms with Crippen molar-refractivity contribution in [3.05, 3.63) is 34.1 Å². The van der Waals surface area contributed by atoms with Crippen molar-refractivity contribution in [2.45, 2.75) is 45.2 Å². The fourth-order valence-corrected chi connectivity index (χ4v) is 2.96. The average Bonchev–Trinajstić information content (AvgIpc) is 2.83. The monoisotopic (exact) mass is 299 g/mol. The summed E-state index contributed by atoms with van der Waals surface area (Å²) in [4.78, 5) is 0. The van der Waals surface area contributed by atoms with Gasteiger partial charge in [-0.1, -0.05) is 28.8 Å². The van der Waals surface area contributed by atoms with Crippen molar-refractivity contribution in [3.8, 4) is 0 Å². The van der Waals surface area contributed by atoms with Gasteiger partial charge in [0.15, 0.2) is 0 Å². The van der Waals surface area contributed by atoms with Crippen molar-refractivity contribution in [3.63, 3.8) is 0 Å². The molecule has 1 saturated carbocycles. The largest absolute Gasteiger partial charge is 0.310 e. The summed E-state index contributed by atoms with van der Waals surface area (Å²) in [6.07, 6.45) is 5.39. The minimum Gasteiger partial charge on any atom is -0.310 e. The molecule has 0 amide bonds. The summed E-state index contributed by atoms with van der Waals surface area (Å²) in [5, 5.41) is 3.51. The third-order valence-electron chi connectivity index (χ3n) is 3.73. The van der Waals surface area contributed by atoms with Crippen molar-refractivity contribution >= 4 is 15.9 Å². The zero-order chi connectivity index (χ0) is 12.3. The topological polar surface area (TPSA) is 12.0 Å². The quantitative estimate of drug-likeness (QED) is 0.876. The van der Waals surface area contributed by atoms with E-state index in [0.29, 0.717) is 6.04 Å². The minimum atomic E-state index is -0.168. The van der Waals surface area contributed by atoms with Crippen LogP contribution >= 0.6 is 15.9 Å². The van der Waals surface area contributed by atoms with Gasteiger partial charge in [0.05, 0.1) is 0 Å². The van der Waals surface area contributed by atoms with E-state index in [1.807, 2.05) is 0 Å². The normalized spacial score (nSPS) is 18.5. The Bertz CT molecular complexity index is 374. The number of benzene rings is 1. The van der Waals surface area contributed by atoms with E-state index in [0.717, 1.165) is 22.5 Å². The van der Waals surface area contributed by atoms with Crippen LogP contribution in [-0.2, 0) is 6.54 Å². The molecule has 1 aliphatic carbocycles. The number of nitrogens with one attached hydrogen (secondary N) is 1. The molecule has 17 heavy (non-hydrogen) atoms. The molecule has 0 radical (unpaired) electrons. The van der Waals surface area contributed by atoms with E-state index in [4.69, 9.17) is 0 Å². The second-order valence-corrected chi connectivity index (χ2v) is 5.80. The molecule has 1 nitrogen and oxygen atoms in total. The lowest BCUT2D eigenvalue weighted by atomic mass is 9.99. The van der Waals surface area contributed by atoms with Crippen molar-refractivity contribution in [1.29, 1.82) is 0 Å². The predicted octanol–water partition coefficient (Wildman–Crippen LogP) is 4.26. The molecule has 0 bridgehead atoms. The standard InChI is InChI=1S/C14H19BrFN/c1-10(11-4-2-3-5-11)17-9-12-8-13(16)6-7-14(12)15/h6-8,10-11,17H,2-5,9H2,1H3/t10-/m0/s1. The zero-order valence-corrected chi connectivity index (χ0v) is 11.8. The summed E-state index contributed by atoms with van der Waals surface area (Å²) >= 11 is 3.46. The van der Waals surface area contributed by atoms with Gasteiger partial charge in [-0.15, -0.1) is 0 Å². The van der Waals surface area contributed by atoms with E-state index < -0.39 is 0 Å². The molecule has 1 atom stereocenters. The number of hydrogen-bond acceptors (Lipinski definition) is 1. The molecule has 94 valence electrons. The van der Waals surface area contributed by atoms with Crippen LogP contribution in [0.4, 0.5) is 4.39 Å². The molecule has 3 heteroatoms. The van der Waals surface area contributed by atoms with E-state index in [-0.39, 0.29) is 5.82 Å². The molecular formula is C14H19BrFN. The number of halogens is 2. The van der Waals surface area contributed by atoms with E-state index in [9.17, 15) is 4.39 Å². The summed E-state index contributed by atoms with van der Waals surface area (Å²) in [5.41, 5.74) is 0.995. The van der Waals surface area contributed by atoms with Crippen LogP contribution < -0.4 is 5.32 Å². The summed E-state index contributed by atoms with van der Waals surface area (Å²) < 4.78 is 14.1. The highest BCUT2D eigenvalue weighted by molar-refractivity contribution is 9.10. The molecule has 1 aliphatic rings. The van der Waals surface area contributed by atoms with Crippen LogP contribution in [-0.4, -0.2) is 6.04 Å². The maximum Gasteiger partial charge on any atom is 0.123 e. The third-order valence-corrected chi connectivity index (χ3v) is 4.50. The second kappa shape index (κ2) is 5.96. The molecule has 0 saturated heterocycles. The Morgan fingerprint density at radius 1 is 1.41 bits per heavy atom. The molecule has 0 aliphatic heterocycles.